The Kier molecular flexibility index (Phi) is 4.97. The molecule has 2 aromatic carbocycles. The van der Waals surface area contributed by atoms with Gasteiger partial charge in [-0.15, -0.1) is 11.3 Å². The number of aryl methyl sites for hydroxylation is 1. The zero-order valence-corrected chi connectivity index (χ0v) is 16.6. The first-order chi connectivity index (χ1) is 14.0. The topological polar surface area (TPSA) is 92.9 Å². The van der Waals surface area contributed by atoms with Crippen molar-refractivity contribution in [3.63, 3.8) is 0 Å². The smallest absolute Gasteiger partial charge is 0.323 e. The molecule has 4 aromatic rings. The molecule has 2 heterocycles. The Balaban J connectivity index is 1.58. The number of carbonyl (C=O) groups is 1. The Morgan fingerprint density at radius 3 is 2.59 bits per heavy atom. The van der Waals surface area contributed by atoms with Crippen molar-refractivity contribution in [2.75, 3.05) is 16.4 Å². The average molecular weight is 401 g/mol. The third-order valence-electron chi connectivity index (χ3n) is 4.44. The number of aromatic nitrogens is 2. The first kappa shape index (κ1) is 18.6. The molecular weight excluding hydrogens is 382 g/mol. The summed E-state index contributed by atoms with van der Waals surface area (Å²) < 4.78 is 0. The standard InChI is InChI=1S/C22H19N5OS/c1-3-17-18(19-20(23)24-12-25-21(19)29-17)14-7-9-15(10-8-14)26-22(28)27-16-6-4-5-13(2)11-16/h3-12H,1H2,2H3,(H2,23,24,25)(H2,26,27,28). The lowest BCUT2D eigenvalue weighted by molar-refractivity contribution is 0.262. The van der Waals surface area contributed by atoms with E-state index >= 15 is 0 Å². The maximum atomic E-state index is 12.3. The average Bonchev–Trinajstić information content (AvgIpc) is 3.08. The molecule has 4 N–H and O–H groups in total. The van der Waals surface area contributed by atoms with Crippen LogP contribution in [0.2, 0.25) is 0 Å². The highest BCUT2D eigenvalue weighted by Crippen LogP contribution is 2.40. The van der Waals surface area contributed by atoms with Crippen LogP contribution >= 0.6 is 11.3 Å². The van der Waals surface area contributed by atoms with Gasteiger partial charge in [0.05, 0.1) is 5.39 Å². The lowest BCUT2D eigenvalue weighted by atomic mass is 10.0. The molecule has 0 aliphatic heterocycles. The van der Waals surface area contributed by atoms with Crippen molar-refractivity contribution in [1.29, 1.82) is 0 Å². The number of nitrogens with one attached hydrogen (secondary N) is 2. The molecule has 144 valence electrons. The molecular formula is C22H19N5OS. The number of hydrogen-bond donors (Lipinski definition) is 3. The third kappa shape index (κ3) is 3.81. The molecule has 6 nitrogen and oxygen atoms in total. The number of thiophene rings is 1. The summed E-state index contributed by atoms with van der Waals surface area (Å²) in [5.74, 6) is 0.439. The van der Waals surface area contributed by atoms with Crippen LogP contribution in [-0.2, 0) is 0 Å². The molecule has 2 amide bonds. The van der Waals surface area contributed by atoms with Crippen LogP contribution < -0.4 is 16.4 Å². The number of amides is 2. The molecule has 0 saturated heterocycles. The maximum Gasteiger partial charge on any atom is 0.323 e. The summed E-state index contributed by atoms with van der Waals surface area (Å²) >= 11 is 1.52. The van der Waals surface area contributed by atoms with E-state index in [1.807, 2.05) is 55.5 Å². The Hall–Kier alpha value is -3.71. The van der Waals surface area contributed by atoms with E-state index in [1.165, 1.54) is 17.7 Å². The minimum Gasteiger partial charge on any atom is -0.383 e. The summed E-state index contributed by atoms with van der Waals surface area (Å²) in [6, 6.07) is 14.9. The first-order valence-corrected chi connectivity index (χ1v) is 9.77. The predicted molar refractivity (Wildman–Crippen MR) is 121 cm³/mol. The quantitative estimate of drug-likeness (QED) is 0.419. The number of nitrogens with zero attached hydrogens (tertiary/aromatic N) is 2. The van der Waals surface area contributed by atoms with Crippen LogP contribution in [-0.4, -0.2) is 16.0 Å². The Labute approximate surface area is 172 Å². The van der Waals surface area contributed by atoms with Gasteiger partial charge in [0.15, 0.2) is 0 Å². The van der Waals surface area contributed by atoms with Crippen molar-refractivity contribution in [3.8, 4) is 11.1 Å². The van der Waals surface area contributed by atoms with Gasteiger partial charge in [-0.25, -0.2) is 14.8 Å². The van der Waals surface area contributed by atoms with Crippen LogP contribution in [0.15, 0.2) is 61.4 Å². The number of benzene rings is 2. The SMILES string of the molecule is C=Cc1sc2ncnc(N)c2c1-c1ccc(NC(=O)Nc2cccc(C)c2)cc1. The molecule has 4 rings (SSSR count). The fourth-order valence-electron chi connectivity index (χ4n) is 3.14. The van der Waals surface area contributed by atoms with Crippen molar-refractivity contribution in [3.05, 3.63) is 71.9 Å². The Morgan fingerprint density at radius 1 is 1.10 bits per heavy atom. The summed E-state index contributed by atoms with van der Waals surface area (Å²) in [6.45, 7) is 5.88. The Bertz CT molecular complexity index is 1210. The normalized spacial score (nSPS) is 10.7. The number of fused-ring (bicyclic) bond motifs is 1. The van der Waals surface area contributed by atoms with Crippen LogP contribution in [0, 0.1) is 6.92 Å². The van der Waals surface area contributed by atoms with Crippen molar-refractivity contribution in [2.45, 2.75) is 6.92 Å². The van der Waals surface area contributed by atoms with Crippen LogP contribution in [0.4, 0.5) is 22.0 Å². The minimum absolute atomic E-state index is 0.297. The molecule has 7 heteroatoms. The molecule has 0 aliphatic carbocycles. The molecule has 0 atom stereocenters. The number of nitrogen functional groups attached to an aromatic ring is 1. The van der Waals surface area contributed by atoms with Crippen molar-refractivity contribution >= 4 is 50.9 Å². The van der Waals surface area contributed by atoms with Gasteiger partial charge in [-0.05, 0) is 42.3 Å². The van der Waals surface area contributed by atoms with Crippen molar-refractivity contribution in [1.82, 2.24) is 9.97 Å². The summed E-state index contributed by atoms with van der Waals surface area (Å²) in [7, 11) is 0. The second kappa shape index (κ2) is 7.73. The monoisotopic (exact) mass is 401 g/mol. The van der Waals surface area contributed by atoms with Crippen molar-refractivity contribution in [2.24, 2.45) is 0 Å². The van der Waals surface area contributed by atoms with E-state index in [-0.39, 0.29) is 6.03 Å². The fourth-order valence-corrected chi connectivity index (χ4v) is 4.16. The number of carbonyl (C=O) groups excluding carboxylic acids is 1. The summed E-state index contributed by atoms with van der Waals surface area (Å²) in [5, 5.41) is 6.50. The van der Waals surface area contributed by atoms with Crippen LogP contribution in [0.25, 0.3) is 27.4 Å². The van der Waals surface area contributed by atoms with E-state index < -0.39 is 0 Å². The summed E-state index contributed by atoms with van der Waals surface area (Å²) in [4.78, 5) is 22.5. The number of hydrogen-bond acceptors (Lipinski definition) is 5. The maximum absolute atomic E-state index is 12.3. The second-order valence-corrected chi connectivity index (χ2v) is 7.54. The van der Waals surface area contributed by atoms with Gasteiger partial charge in [0.25, 0.3) is 0 Å². The Morgan fingerprint density at radius 2 is 1.86 bits per heavy atom. The van der Waals surface area contributed by atoms with E-state index in [1.54, 1.807) is 6.08 Å². The van der Waals surface area contributed by atoms with E-state index in [0.717, 1.165) is 37.5 Å². The van der Waals surface area contributed by atoms with E-state index in [4.69, 9.17) is 5.73 Å². The molecule has 0 unspecified atom stereocenters. The third-order valence-corrected chi connectivity index (χ3v) is 5.53. The van der Waals surface area contributed by atoms with Crippen molar-refractivity contribution < 1.29 is 4.79 Å². The zero-order chi connectivity index (χ0) is 20.4. The number of rotatable bonds is 4. The fraction of sp³-hybridized carbons (Fsp3) is 0.0455. The molecule has 0 fully saturated rings. The highest BCUT2D eigenvalue weighted by Gasteiger charge is 2.16. The van der Waals surface area contributed by atoms with Gasteiger partial charge >= 0.3 is 6.03 Å². The molecule has 0 aliphatic rings. The number of nitrogens with two attached hydrogens (primary N) is 1. The largest absolute Gasteiger partial charge is 0.383 e. The van der Waals surface area contributed by atoms with Crippen LogP contribution in [0.3, 0.4) is 0 Å². The van der Waals surface area contributed by atoms with Crippen LogP contribution in [0.1, 0.15) is 10.4 Å². The van der Waals surface area contributed by atoms with Gasteiger partial charge in [0.2, 0.25) is 0 Å². The molecule has 2 aromatic heterocycles. The van der Waals surface area contributed by atoms with Gasteiger partial charge in [0, 0.05) is 21.8 Å². The molecule has 0 spiro atoms. The summed E-state index contributed by atoms with van der Waals surface area (Å²) in [6.07, 6.45) is 3.26. The van der Waals surface area contributed by atoms with Gasteiger partial charge < -0.3 is 16.4 Å². The molecule has 0 saturated carbocycles. The first-order valence-electron chi connectivity index (χ1n) is 8.95. The van der Waals surface area contributed by atoms with E-state index in [0.29, 0.717) is 11.5 Å². The summed E-state index contributed by atoms with van der Waals surface area (Å²) in [5.41, 5.74) is 10.5. The second-order valence-electron chi connectivity index (χ2n) is 6.51. The van der Waals surface area contributed by atoms with Gasteiger partial charge in [-0.2, -0.15) is 0 Å². The highest BCUT2D eigenvalue weighted by atomic mass is 32.1. The lowest BCUT2D eigenvalue weighted by Gasteiger charge is -2.09. The lowest BCUT2D eigenvalue weighted by Crippen LogP contribution is -2.19. The van der Waals surface area contributed by atoms with Gasteiger partial charge in [-0.3, -0.25) is 0 Å². The van der Waals surface area contributed by atoms with Gasteiger partial charge in [0.1, 0.15) is 17.0 Å². The molecule has 29 heavy (non-hydrogen) atoms. The molecule has 0 radical (unpaired) electrons. The number of urea groups is 1. The zero-order valence-electron chi connectivity index (χ0n) is 15.8. The van der Waals surface area contributed by atoms with Gasteiger partial charge in [-0.1, -0.05) is 36.9 Å². The number of anilines is 3. The van der Waals surface area contributed by atoms with E-state index in [2.05, 4.69) is 27.2 Å². The highest BCUT2D eigenvalue weighted by molar-refractivity contribution is 7.20. The molecule has 0 bridgehead atoms. The minimum atomic E-state index is -0.297. The van der Waals surface area contributed by atoms with Crippen LogP contribution in [0.5, 0.6) is 0 Å². The predicted octanol–water partition coefficient (Wildman–Crippen LogP) is 5.54. The van der Waals surface area contributed by atoms with E-state index in [9.17, 15) is 4.79 Å².